The quantitative estimate of drug-likeness (QED) is 0.783. The van der Waals surface area contributed by atoms with Crippen LogP contribution in [0.25, 0.3) is 0 Å². The van der Waals surface area contributed by atoms with Gasteiger partial charge in [-0.25, -0.2) is 8.42 Å². The maximum absolute atomic E-state index is 12.1. The molecule has 0 bridgehead atoms. The molecule has 2 aromatic rings. The van der Waals surface area contributed by atoms with Crippen LogP contribution in [0.15, 0.2) is 54.6 Å². The van der Waals surface area contributed by atoms with Crippen LogP contribution in [0.1, 0.15) is 13.3 Å². The summed E-state index contributed by atoms with van der Waals surface area (Å²) in [6.07, 6.45) is 1.17. The number of nitrogens with one attached hydrogen (secondary N) is 1. The van der Waals surface area contributed by atoms with E-state index in [-0.39, 0.29) is 18.9 Å². The van der Waals surface area contributed by atoms with Crippen LogP contribution in [0.4, 0.5) is 11.4 Å². The van der Waals surface area contributed by atoms with Crippen molar-refractivity contribution in [3.63, 3.8) is 0 Å². The summed E-state index contributed by atoms with van der Waals surface area (Å²) in [7, 11) is -3.50. The summed E-state index contributed by atoms with van der Waals surface area (Å²) in [5, 5.41) is 2.75. The van der Waals surface area contributed by atoms with E-state index in [1.807, 2.05) is 25.1 Å². The smallest absolute Gasteiger partial charge is 0.232 e. The van der Waals surface area contributed by atoms with Gasteiger partial charge >= 0.3 is 0 Å². The van der Waals surface area contributed by atoms with E-state index >= 15 is 0 Å². The third kappa shape index (κ3) is 5.79. The summed E-state index contributed by atoms with van der Waals surface area (Å²) in [6.45, 7) is 2.47. The average molecular weight is 362 g/mol. The number of rotatable bonds is 8. The minimum absolute atomic E-state index is 0.0508. The van der Waals surface area contributed by atoms with Crippen LogP contribution in [0, 0.1) is 0 Å². The van der Waals surface area contributed by atoms with Gasteiger partial charge in [-0.05, 0) is 43.3 Å². The van der Waals surface area contributed by atoms with Gasteiger partial charge in [-0.2, -0.15) is 0 Å². The number of anilines is 2. The Morgan fingerprint density at radius 1 is 1.08 bits per heavy atom. The number of hydrogen-bond acceptors (Lipinski definition) is 4. The van der Waals surface area contributed by atoms with Crippen LogP contribution < -0.4 is 14.4 Å². The molecule has 7 heteroatoms. The Balaban J connectivity index is 2.04. The number of benzene rings is 2. The molecule has 1 amide bonds. The van der Waals surface area contributed by atoms with Crippen molar-refractivity contribution in [3.8, 4) is 5.75 Å². The first-order valence-electron chi connectivity index (χ1n) is 7.95. The lowest BCUT2D eigenvalue weighted by atomic mass is 10.3. The zero-order valence-corrected chi connectivity index (χ0v) is 15.1. The van der Waals surface area contributed by atoms with Gasteiger partial charge in [0.05, 0.1) is 18.6 Å². The van der Waals surface area contributed by atoms with Gasteiger partial charge in [0.1, 0.15) is 5.75 Å². The summed E-state index contributed by atoms with van der Waals surface area (Å²) >= 11 is 0. The van der Waals surface area contributed by atoms with Crippen molar-refractivity contribution in [2.45, 2.75) is 13.3 Å². The van der Waals surface area contributed by atoms with E-state index in [0.717, 1.165) is 6.26 Å². The highest BCUT2D eigenvalue weighted by molar-refractivity contribution is 7.92. The van der Waals surface area contributed by atoms with Crippen LogP contribution in [0.2, 0.25) is 0 Å². The molecule has 134 valence electrons. The SMILES string of the molecule is CCOc1ccc(N(CCC(=O)Nc2ccccc2)S(C)(=O)=O)cc1. The molecular weight excluding hydrogens is 340 g/mol. The number of sulfonamides is 1. The van der Waals surface area contributed by atoms with Crippen molar-refractivity contribution in [2.24, 2.45) is 0 Å². The normalized spacial score (nSPS) is 11.0. The predicted molar refractivity (Wildman–Crippen MR) is 99.5 cm³/mol. The molecule has 6 nitrogen and oxygen atoms in total. The molecule has 0 spiro atoms. The van der Waals surface area contributed by atoms with Crippen molar-refractivity contribution in [3.05, 3.63) is 54.6 Å². The van der Waals surface area contributed by atoms with Gasteiger partial charge in [0.25, 0.3) is 0 Å². The second-order valence-corrected chi connectivity index (χ2v) is 7.33. The van der Waals surface area contributed by atoms with Crippen molar-refractivity contribution in [1.29, 1.82) is 0 Å². The molecule has 0 radical (unpaired) electrons. The lowest BCUT2D eigenvalue weighted by molar-refractivity contribution is -0.116. The van der Waals surface area contributed by atoms with Gasteiger partial charge < -0.3 is 10.1 Å². The number of nitrogens with zero attached hydrogens (tertiary/aromatic N) is 1. The Hall–Kier alpha value is -2.54. The lowest BCUT2D eigenvalue weighted by Crippen LogP contribution is -2.33. The highest BCUT2D eigenvalue weighted by Crippen LogP contribution is 2.22. The first-order chi connectivity index (χ1) is 11.9. The number of ether oxygens (including phenoxy) is 1. The third-order valence-electron chi connectivity index (χ3n) is 3.44. The van der Waals surface area contributed by atoms with Crippen molar-refractivity contribution < 1.29 is 17.9 Å². The largest absolute Gasteiger partial charge is 0.494 e. The maximum Gasteiger partial charge on any atom is 0.232 e. The zero-order valence-electron chi connectivity index (χ0n) is 14.3. The predicted octanol–water partition coefficient (Wildman–Crippen LogP) is 2.88. The Bertz CT molecular complexity index is 790. The van der Waals surface area contributed by atoms with Crippen LogP contribution in [0.5, 0.6) is 5.75 Å². The number of amides is 1. The highest BCUT2D eigenvalue weighted by atomic mass is 32.2. The molecule has 0 aromatic heterocycles. The molecule has 0 aliphatic heterocycles. The van der Waals surface area contributed by atoms with Gasteiger partial charge in [-0.15, -0.1) is 0 Å². The molecule has 0 fully saturated rings. The van der Waals surface area contributed by atoms with Crippen molar-refractivity contribution in [1.82, 2.24) is 0 Å². The van der Waals surface area contributed by atoms with Gasteiger partial charge in [0.15, 0.2) is 0 Å². The lowest BCUT2D eigenvalue weighted by Gasteiger charge is -2.22. The minimum Gasteiger partial charge on any atom is -0.494 e. The fourth-order valence-corrected chi connectivity index (χ4v) is 3.24. The van der Waals surface area contributed by atoms with E-state index in [1.54, 1.807) is 36.4 Å². The van der Waals surface area contributed by atoms with E-state index in [4.69, 9.17) is 4.74 Å². The monoisotopic (exact) mass is 362 g/mol. The van der Waals surface area contributed by atoms with E-state index in [9.17, 15) is 13.2 Å². The van der Waals surface area contributed by atoms with Gasteiger partial charge in [-0.1, -0.05) is 18.2 Å². The summed E-state index contributed by atoms with van der Waals surface area (Å²) in [4.78, 5) is 12.1. The molecule has 0 unspecified atom stereocenters. The number of carbonyl (C=O) groups is 1. The van der Waals surface area contributed by atoms with Crippen molar-refractivity contribution >= 4 is 27.3 Å². The minimum atomic E-state index is -3.50. The molecular formula is C18H22N2O4S. The van der Waals surface area contributed by atoms with Gasteiger partial charge in [0, 0.05) is 18.7 Å². The number of hydrogen-bond donors (Lipinski definition) is 1. The second-order valence-electron chi connectivity index (χ2n) is 5.43. The van der Waals surface area contributed by atoms with Crippen LogP contribution >= 0.6 is 0 Å². The fourth-order valence-electron chi connectivity index (χ4n) is 2.31. The average Bonchev–Trinajstić information content (AvgIpc) is 2.56. The standard InChI is InChI=1S/C18H22N2O4S/c1-3-24-17-11-9-16(10-12-17)20(25(2,22)23)14-13-18(21)19-15-7-5-4-6-8-15/h4-12H,3,13-14H2,1-2H3,(H,19,21). The van der Waals surface area contributed by atoms with E-state index in [0.29, 0.717) is 23.7 Å². The molecule has 0 heterocycles. The van der Waals surface area contributed by atoms with E-state index in [2.05, 4.69) is 5.32 Å². The van der Waals surface area contributed by atoms with Crippen LogP contribution in [-0.4, -0.2) is 33.7 Å². The van der Waals surface area contributed by atoms with Gasteiger partial charge in [-0.3, -0.25) is 9.10 Å². The van der Waals surface area contributed by atoms with Gasteiger partial charge in [0.2, 0.25) is 15.9 Å². The molecule has 0 saturated carbocycles. The third-order valence-corrected chi connectivity index (χ3v) is 4.63. The maximum atomic E-state index is 12.1. The topological polar surface area (TPSA) is 75.7 Å². The first kappa shape index (κ1) is 18.8. The van der Waals surface area contributed by atoms with E-state index < -0.39 is 10.0 Å². The Morgan fingerprint density at radius 2 is 1.72 bits per heavy atom. The summed E-state index contributed by atoms with van der Waals surface area (Å²) in [5.41, 5.74) is 1.18. The summed E-state index contributed by atoms with van der Waals surface area (Å²) in [6, 6.07) is 15.8. The number of carbonyl (C=O) groups excluding carboxylic acids is 1. The summed E-state index contributed by atoms with van der Waals surface area (Å²) in [5.74, 6) is 0.423. The molecule has 0 aliphatic carbocycles. The zero-order chi connectivity index (χ0) is 18.3. The fraction of sp³-hybridized carbons (Fsp3) is 0.278. The second kappa shape index (κ2) is 8.53. The van der Waals surface area contributed by atoms with Crippen LogP contribution in [0.3, 0.4) is 0 Å². The Kier molecular flexibility index (Phi) is 6.41. The van der Waals surface area contributed by atoms with E-state index in [1.165, 1.54) is 4.31 Å². The van der Waals surface area contributed by atoms with Crippen LogP contribution in [-0.2, 0) is 14.8 Å². The molecule has 2 aromatic carbocycles. The Morgan fingerprint density at radius 3 is 2.28 bits per heavy atom. The molecule has 0 atom stereocenters. The number of para-hydroxylation sites is 1. The molecule has 2 rings (SSSR count). The highest BCUT2D eigenvalue weighted by Gasteiger charge is 2.18. The molecule has 0 aliphatic rings. The molecule has 0 saturated heterocycles. The Labute approximate surface area is 148 Å². The van der Waals surface area contributed by atoms with Crippen molar-refractivity contribution in [2.75, 3.05) is 29.0 Å². The molecule has 25 heavy (non-hydrogen) atoms. The molecule has 1 N–H and O–H groups in total. The summed E-state index contributed by atoms with van der Waals surface area (Å²) < 4.78 is 30.7. The first-order valence-corrected chi connectivity index (χ1v) is 9.80.